The van der Waals surface area contributed by atoms with Crippen LogP contribution in [-0.4, -0.2) is 119 Å². The zero-order valence-electron chi connectivity index (χ0n) is 29.0. The van der Waals surface area contributed by atoms with E-state index < -0.39 is 42.1 Å². The summed E-state index contributed by atoms with van der Waals surface area (Å²) in [5.41, 5.74) is -0.195. The van der Waals surface area contributed by atoms with Gasteiger partial charge in [-0.05, 0) is 57.1 Å². The summed E-state index contributed by atoms with van der Waals surface area (Å²) in [6, 6.07) is 0. The fourth-order valence-corrected chi connectivity index (χ4v) is 6.26. The number of nitrogens with zero attached hydrogens (tertiary/aromatic N) is 2. The number of carboxylic acid groups (broad SMARTS) is 1. The molecule has 0 radical (unpaired) electrons. The average Bonchev–Trinajstić information content (AvgIpc) is 3.81. The van der Waals surface area contributed by atoms with Crippen LogP contribution in [0.1, 0.15) is 73.6 Å². The molecule has 0 bridgehead atoms. The molecule has 2 amide bonds. The Bertz CT molecular complexity index is 1150. The number of ether oxygens (including phenoxy) is 4. The van der Waals surface area contributed by atoms with Gasteiger partial charge in [-0.2, -0.15) is 0 Å². The Morgan fingerprint density at radius 2 is 1.83 bits per heavy atom. The molecular formula is C35H56N2O10. The lowest BCUT2D eigenvalue weighted by Gasteiger charge is -2.38. The molecule has 3 N–H and O–H groups in total. The van der Waals surface area contributed by atoms with Crippen LogP contribution in [0.4, 0.5) is 9.59 Å². The minimum absolute atomic E-state index is 0.0851. The van der Waals surface area contributed by atoms with Gasteiger partial charge in [0.05, 0.1) is 30.8 Å². The lowest BCUT2D eigenvalue weighted by molar-refractivity contribution is -0.151. The second-order valence-corrected chi connectivity index (χ2v) is 13.6. The van der Waals surface area contributed by atoms with E-state index in [1.165, 1.54) is 16.9 Å². The number of amides is 2. The predicted molar refractivity (Wildman–Crippen MR) is 176 cm³/mol. The fourth-order valence-electron chi connectivity index (χ4n) is 6.26. The molecule has 3 heterocycles. The van der Waals surface area contributed by atoms with Crippen LogP contribution >= 0.6 is 0 Å². The Balaban J connectivity index is 1.74. The number of esters is 1. The molecule has 47 heavy (non-hydrogen) atoms. The summed E-state index contributed by atoms with van der Waals surface area (Å²) in [5.74, 6) is -0.477. The van der Waals surface area contributed by atoms with E-state index in [9.17, 15) is 29.7 Å². The van der Waals surface area contributed by atoms with Gasteiger partial charge < -0.3 is 44.1 Å². The number of aliphatic hydroxyl groups is 2. The number of cyclic esters (lactones) is 1. The number of rotatable bonds is 10. The van der Waals surface area contributed by atoms with E-state index in [-0.39, 0.29) is 75.1 Å². The molecule has 0 spiro atoms. The van der Waals surface area contributed by atoms with Crippen LogP contribution in [0.25, 0.3) is 0 Å². The van der Waals surface area contributed by atoms with Gasteiger partial charge in [-0.15, -0.1) is 0 Å². The fraction of sp³-hybridized carbons (Fsp3) is 0.743. The molecule has 3 aliphatic rings. The summed E-state index contributed by atoms with van der Waals surface area (Å²) in [4.78, 5) is 40.1. The van der Waals surface area contributed by atoms with E-state index in [2.05, 4.69) is 13.0 Å². The van der Waals surface area contributed by atoms with Crippen LogP contribution in [0, 0.1) is 17.8 Å². The van der Waals surface area contributed by atoms with Gasteiger partial charge in [-0.25, -0.2) is 9.59 Å². The monoisotopic (exact) mass is 664 g/mol. The summed E-state index contributed by atoms with van der Waals surface area (Å²) in [6.07, 6.45) is 7.27. The van der Waals surface area contributed by atoms with E-state index >= 15 is 0 Å². The van der Waals surface area contributed by atoms with Gasteiger partial charge in [0.25, 0.3) is 0 Å². The number of carbonyl (C=O) groups excluding carboxylic acids is 2. The third-order valence-electron chi connectivity index (χ3n) is 9.82. The predicted octanol–water partition coefficient (Wildman–Crippen LogP) is 4.54. The number of piperazine rings is 1. The molecule has 3 aliphatic heterocycles. The second-order valence-electron chi connectivity index (χ2n) is 13.6. The van der Waals surface area contributed by atoms with Crippen molar-refractivity contribution in [3.63, 3.8) is 0 Å². The zero-order valence-corrected chi connectivity index (χ0v) is 29.0. The summed E-state index contributed by atoms with van der Waals surface area (Å²) >= 11 is 0. The van der Waals surface area contributed by atoms with E-state index in [0.717, 1.165) is 12.0 Å². The molecule has 3 rings (SSSR count). The second kappa shape index (κ2) is 17.5. The van der Waals surface area contributed by atoms with Crippen molar-refractivity contribution in [3.05, 3.63) is 36.0 Å². The molecule has 266 valence electrons. The number of epoxide rings is 1. The first-order valence-corrected chi connectivity index (χ1v) is 16.9. The first-order chi connectivity index (χ1) is 22.2. The number of hydrogen-bond donors (Lipinski definition) is 3. The summed E-state index contributed by atoms with van der Waals surface area (Å²) in [7, 11) is 1.52. The topological polar surface area (TPSA) is 159 Å². The molecule has 0 aromatic heterocycles. The van der Waals surface area contributed by atoms with Crippen molar-refractivity contribution in [3.8, 4) is 0 Å². The molecule has 12 nitrogen and oxygen atoms in total. The third kappa shape index (κ3) is 11.1. The molecule has 10 atom stereocenters. The van der Waals surface area contributed by atoms with E-state index in [1.807, 2.05) is 45.9 Å². The van der Waals surface area contributed by atoms with Crippen molar-refractivity contribution in [1.29, 1.82) is 0 Å². The highest BCUT2D eigenvalue weighted by Crippen LogP contribution is 2.36. The maximum Gasteiger partial charge on any atom is 0.410 e. The van der Waals surface area contributed by atoms with Crippen LogP contribution in [-0.2, 0) is 23.7 Å². The third-order valence-corrected chi connectivity index (χ3v) is 9.82. The minimum atomic E-state index is -1.02. The molecule has 2 fully saturated rings. The van der Waals surface area contributed by atoms with Crippen molar-refractivity contribution >= 4 is 18.2 Å². The Hall–Kier alpha value is -2.93. The Morgan fingerprint density at radius 3 is 2.45 bits per heavy atom. The Kier molecular flexibility index (Phi) is 14.3. The standard InChI is InChI=1S/C35H56N2O10/c1-8-27(39)25(5)32-28(45-32)20-22(2)10-9-11-23(3)31-24(4)12-13-29(35(6,44-7)15-14-26(38)21-30(40)47-31)46-34(43)37-18-16-36(17-19-37)33(41)42/h9-13,22,24-29,31-32,38-39H,8,14-21H2,1-7H3,(H,41,42)/b10-9+,13-12+,23-11+/t22-,24+,25-,26-,27+,28-,29+,31-,32-,35-/m1/s1. The van der Waals surface area contributed by atoms with Gasteiger partial charge in [0.15, 0.2) is 6.10 Å². The number of methoxy groups -OCH3 is 1. The molecule has 2 saturated heterocycles. The molecule has 0 saturated carbocycles. The molecule has 12 heteroatoms. The Morgan fingerprint density at radius 1 is 1.17 bits per heavy atom. The highest BCUT2D eigenvalue weighted by molar-refractivity contribution is 5.71. The van der Waals surface area contributed by atoms with Gasteiger partial charge >= 0.3 is 18.2 Å². The largest absolute Gasteiger partial charge is 0.465 e. The van der Waals surface area contributed by atoms with Crippen LogP contribution in [0.3, 0.4) is 0 Å². The van der Waals surface area contributed by atoms with Crippen molar-refractivity contribution in [2.75, 3.05) is 33.3 Å². The van der Waals surface area contributed by atoms with E-state index in [4.69, 9.17) is 18.9 Å². The first-order valence-electron chi connectivity index (χ1n) is 16.9. The molecule has 0 aromatic carbocycles. The van der Waals surface area contributed by atoms with Crippen molar-refractivity contribution in [1.82, 2.24) is 9.80 Å². The van der Waals surface area contributed by atoms with Crippen molar-refractivity contribution in [2.24, 2.45) is 17.8 Å². The maximum absolute atomic E-state index is 13.2. The van der Waals surface area contributed by atoms with Gasteiger partial charge in [0, 0.05) is 45.1 Å². The number of aliphatic hydroxyl groups excluding tert-OH is 2. The number of allylic oxidation sites excluding steroid dienone is 3. The average molecular weight is 665 g/mol. The van der Waals surface area contributed by atoms with Gasteiger partial charge in [0.2, 0.25) is 0 Å². The zero-order chi connectivity index (χ0) is 34.9. The van der Waals surface area contributed by atoms with E-state index in [1.54, 1.807) is 13.0 Å². The molecule has 0 unspecified atom stereocenters. The molecule has 0 aliphatic carbocycles. The summed E-state index contributed by atoms with van der Waals surface area (Å²) < 4.78 is 23.6. The molecular weight excluding hydrogens is 608 g/mol. The van der Waals surface area contributed by atoms with Gasteiger partial charge in [-0.3, -0.25) is 4.79 Å². The Labute approximate surface area is 279 Å². The maximum atomic E-state index is 13.2. The smallest absolute Gasteiger partial charge is 0.410 e. The quantitative estimate of drug-likeness (QED) is 0.131. The lowest BCUT2D eigenvalue weighted by Crippen LogP contribution is -2.52. The van der Waals surface area contributed by atoms with Gasteiger partial charge in [0.1, 0.15) is 11.7 Å². The highest BCUT2D eigenvalue weighted by atomic mass is 16.6. The summed E-state index contributed by atoms with van der Waals surface area (Å²) in [6.45, 7) is 12.5. The number of hydrogen-bond acceptors (Lipinski definition) is 9. The van der Waals surface area contributed by atoms with Crippen LogP contribution in [0.2, 0.25) is 0 Å². The minimum Gasteiger partial charge on any atom is -0.465 e. The highest BCUT2D eigenvalue weighted by Gasteiger charge is 2.45. The van der Waals surface area contributed by atoms with E-state index in [0.29, 0.717) is 12.8 Å². The van der Waals surface area contributed by atoms with Crippen molar-refractivity contribution < 1.29 is 48.7 Å². The summed E-state index contributed by atoms with van der Waals surface area (Å²) in [5, 5.41) is 30.1. The first kappa shape index (κ1) is 38.5. The SMILES string of the molecule is CC[C@H](O)[C@@H](C)[C@H]1O[C@@H]1C[C@H](C)/C=C/C=C(\C)[C@H]1OC(=O)C[C@H](O)CC[C@@](C)(OC)[C@@H](OC(=O)N2CCN(C(=O)O)CC2)/C=C/[C@@H]1C. The normalized spacial score (nSPS) is 33.6. The van der Waals surface area contributed by atoms with Crippen LogP contribution < -0.4 is 0 Å². The van der Waals surface area contributed by atoms with Gasteiger partial charge in [-0.1, -0.05) is 52.0 Å². The van der Waals surface area contributed by atoms with Crippen LogP contribution in [0.15, 0.2) is 36.0 Å². The lowest BCUT2D eigenvalue weighted by atomic mass is 9.88. The van der Waals surface area contributed by atoms with Crippen LogP contribution in [0.5, 0.6) is 0 Å². The number of carbonyl (C=O) groups is 3. The van der Waals surface area contributed by atoms with Crippen molar-refractivity contribution in [2.45, 2.75) is 116 Å². The molecule has 0 aromatic rings.